The Bertz CT molecular complexity index is 1030. The van der Waals surface area contributed by atoms with Gasteiger partial charge in [-0.3, -0.25) is 4.79 Å². The number of aromatic carboxylic acids is 1. The fourth-order valence-electron chi connectivity index (χ4n) is 2.95. The summed E-state index contributed by atoms with van der Waals surface area (Å²) in [5.41, 5.74) is 1.53. The van der Waals surface area contributed by atoms with E-state index in [9.17, 15) is 14.7 Å². The molecule has 0 radical (unpaired) electrons. The van der Waals surface area contributed by atoms with Gasteiger partial charge in [0.15, 0.2) is 0 Å². The smallest absolute Gasteiger partial charge is 0.337 e. The van der Waals surface area contributed by atoms with E-state index >= 15 is 0 Å². The molecule has 6 nitrogen and oxygen atoms in total. The number of nitrogens with one attached hydrogen (secondary N) is 1. The molecule has 27 heavy (non-hydrogen) atoms. The summed E-state index contributed by atoms with van der Waals surface area (Å²) >= 11 is 6.13. The second-order valence-electron chi connectivity index (χ2n) is 6.08. The van der Waals surface area contributed by atoms with Gasteiger partial charge in [0.05, 0.1) is 23.3 Å². The van der Waals surface area contributed by atoms with Crippen LogP contribution < -0.4 is 10.1 Å². The Morgan fingerprint density at radius 2 is 1.93 bits per heavy atom. The van der Waals surface area contributed by atoms with E-state index in [0.29, 0.717) is 5.69 Å². The lowest BCUT2D eigenvalue weighted by molar-refractivity contribution is 0.0696. The highest BCUT2D eigenvalue weighted by molar-refractivity contribution is 6.37. The number of methoxy groups -OCH3 is 1. The lowest BCUT2D eigenvalue weighted by atomic mass is 10.1. The lowest BCUT2D eigenvalue weighted by Gasteiger charge is -2.11. The Kier molecular flexibility index (Phi) is 5.37. The van der Waals surface area contributed by atoms with Gasteiger partial charge in [-0.25, -0.2) is 4.79 Å². The van der Waals surface area contributed by atoms with Crippen LogP contribution in [0.1, 0.15) is 34.1 Å². The first-order chi connectivity index (χ1) is 12.9. The van der Waals surface area contributed by atoms with Crippen LogP contribution in [0.3, 0.4) is 0 Å². The molecule has 0 unspecified atom stereocenters. The fourth-order valence-corrected chi connectivity index (χ4v) is 3.22. The number of carboxylic acid groups (broad SMARTS) is 1. The van der Waals surface area contributed by atoms with Gasteiger partial charge in [0, 0.05) is 29.3 Å². The van der Waals surface area contributed by atoms with E-state index in [1.807, 2.05) is 24.4 Å². The summed E-state index contributed by atoms with van der Waals surface area (Å²) in [6, 6.07) is 10.3. The number of ether oxygens (including phenoxy) is 1. The van der Waals surface area contributed by atoms with Crippen LogP contribution in [0.25, 0.3) is 10.9 Å². The van der Waals surface area contributed by atoms with Crippen molar-refractivity contribution >= 4 is 40.1 Å². The number of halogens is 1. The van der Waals surface area contributed by atoms with Crippen LogP contribution in [0.4, 0.5) is 5.69 Å². The van der Waals surface area contributed by atoms with Crippen molar-refractivity contribution in [1.29, 1.82) is 0 Å². The Morgan fingerprint density at radius 1 is 1.19 bits per heavy atom. The maximum atomic E-state index is 12.7. The van der Waals surface area contributed by atoms with Crippen molar-refractivity contribution in [2.24, 2.45) is 0 Å². The number of amides is 1. The molecule has 0 saturated carbocycles. The van der Waals surface area contributed by atoms with Gasteiger partial charge in [0.25, 0.3) is 5.91 Å². The molecule has 0 atom stereocenters. The van der Waals surface area contributed by atoms with E-state index in [4.69, 9.17) is 16.3 Å². The average Bonchev–Trinajstić information content (AvgIpc) is 3.04. The van der Waals surface area contributed by atoms with Crippen LogP contribution >= 0.6 is 11.6 Å². The number of aryl methyl sites for hydroxylation is 1. The Hall–Kier alpha value is -2.99. The molecule has 1 heterocycles. The van der Waals surface area contributed by atoms with Crippen LogP contribution in [0, 0.1) is 0 Å². The number of rotatable bonds is 6. The third-order valence-corrected chi connectivity index (χ3v) is 4.66. The number of aromatic nitrogens is 1. The lowest BCUT2D eigenvalue weighted by Crippen LogP contribution is -2.14. The zero-order valence-corrected chi connectivity index (χ0v) is 15.7. The first kappa shape index (κ1) is 18.8. The van der Waals surface area contributed by atoms with Crippen molar-refractivity contribution in [2.75, 3.05) is 12.4 Å². The minimum atomic E-state index is -1.23. The summed E-state index contributed by atoms with van der Waals surface area (Å²) in [5, 5.41) is 12.9. The first-order valence-corrected chi connectivity index (χ1v) is 8.83. The molecule has 3 aromatic rings. The summed E-state index contributed by atoms with van der Waals surface area (Å²) in [5.74, 6) is -1.49. The number of hydrogen-bond acceptors (Lipinski definition) is 3. The number of anilines is 1. The topological polar surface area (TPSA) is 80.6 Å². The Labute approximate surface area is 161 Å². The summed E-state index contributed by atoms with van der Waals surface area (Å²) < 4.78 is 7.23. The zero-order chi connectivity index (χ0) is 19.6. The predicted molar refractivity (Wildman–Crippen MR) is 105 cm³/mol. The van der Waals surface area contributed by atoms with Crippen molar-refractivity contribution in [3.05, 3.63) is 58.7 Å². The zero-order valence-electron chi connectivity index (χ0n) is 15.0. The van der Waals surface area contributed by atoms with Crippen molar-refractivity contribution in [1.82, 2.24) is 4.57 Å². The standard InChI is InChI=1S/C20H19ClN2O4/c1-3-7-23-8-6-12-9-13(4-5-17(12)23)22-19(24)15-10-14(27-2)11-16(18(15)21)20(25)26/h4-6,8-11H,3,7H2,1-2H3,(H,22,24)(H,25,26). The van der Waals surface area contributed by atoms with Crippen molar-refractivity contribution in [3.63, 3.8) is 0 Å². The van der Waals surface area contributed by atoms with Crippen molar-refractivity contribution < 1.29 is 19.4 Å². The summed E-state index contributed by atoms with van der Waals surface area (Å²) in [6.07, 6.45) is 3.04. The second-order valence-corrected chi connectivity index (χ2v) is 6.46. The number of carbonyl (C=O) groups excluding carboxylic acids is 1. The molecule has 1 amide bonds. The molecular weight excluding hydrogens is 368 g/mol. The van der Waals surface area contributed by atoms with Gasteiger partial charge in [-0.1, -0.05) is 18.5 Å². The van der Waals surface area contributed by atoms with Gasteiger partial charge in [0.1, 0.15) is 5.75 Å². The first-order valence-electron chi connectivity index (χ1n) is 8.45. The largest absolute Gasteiger partial charge is 0.497 e. The van der Waals surface area contributed by atoms with Gasteiger partial charge in [-0.15, -0.1) is 0 Å². The number of nitrogens with zero attached hydrogens (tertiary/aromatic N) is 1. The maximum Gasteiger partial charge on any atom is 0.337 e. The molecule has 0 saturated heterocycles. The van der Waals surface area contributed by atoms with Gasteiger partial charge < -0.3 is 19.7 Å². The van der Waals surface area contributed by atoms with Gasteiger partial charge in [-0.2, -0.15) is 0 Å². The molecular formula is C20H19ClN2O4. The molecule has 0 fully saturated rings. The highest BCUT2D eigenvalue weighted by Crippen LogP contribution is 2.29. The fraction of sp³-hybridized carbons (Fsp3) is 0.200. The Balaban J connectivity index is 1.92. The SMILES string of the molecule is CCCn1ccc2cc(NC(=O)c3cc(OC)cc(C(=O)O)c3Cl)ccc21. The summed E-state index contributed by atoms with van der Waals surface area (Å²) in [6.45, 7) is 3.04. The van der Waals surface area contributed by atoms with E-state index in [1.165, 1.54) is 19.2 Å². The van der Waals surface area contributed by atoms with Gasteiger partial charge >= 0.3 is 5.97 Å². The molecule has 2 aromatic carbocycles. The minimum Gasteiger partial charge on any atom is -0.497 e. The average molecular weight is 387 g/mol. The van der Waals surface area contributed by atoms with Crippen molar-refractivity contribution in [3.8, 4) is 5.75 Å². The second kappa shape index (κ2) is 7.72. The number of hydrogen-bond donors (Lipinski definition) is 2. The molecule has 7 heteroatoms. The third-order valence-electron chi connectivity index (χ3n) is 4.25. The molecule has 1 aromatic heterocycles. The number of fused-ring (bicyclic) bond motifs is 1. The van der Waals surface area contributed by atoms with Gasteiger partial charge in [0.2, 0.25) is 0 Å². The summed E-state index contributed by atoms with van der Waals surface area (Å²) in [7, 11) is 1.39. The van der Waals surface area contributed by atoms with Crippen molar-refractivity contribution in [2.45, 2.75) is 19.9 Å². The van der Waals surface area contributed by atoms with E-state index in [1.54, 1.807) is 6.07 Å². The van der Waals surface area contributed by atoms with E-state index in [2.05, 4.69) is 16.8 Å². The molecule has 0 bridgehead atoms. The van der Waals surface area contributed by atoms with Crippen LogP contribution in [0.15, 0.2) is 42.6 Å². The molecule has 140 valence electrons. The number of carbonyl (C=O) groups is 2. The molecule has 0 aliphatic carbocycles. The van der Waals surface area contributed by atoms with E-state index < -0.39 is 11.9 Å². The predicted octanol–water partition coefficient (Wildman–Crippen LogP) is 4.66. The normalized spacial score (nSPS) is 10.8. The highest BCUT2D eigenvalue weighted by Gasteiger charge is 2.20. The quantitative estimate of drug-likeness (QED) is 0.645. The number of benzene rings is 2. The molecule has 0 aliphatic rings. The highest BCUT2D eigenvalue weighted by atomic mass is 35.5. The van der Waals surface area contributed by atoms with Crippen LogP contribution in [-0.2, 0) is 6.54 Å². The minimum absolute atomic E-state index is 0.0390. The maximum absolute atomic E-state index is 12.7. The molecule has 3 rings (SSSR count). The Morgan fingerprint density at radius 3 is 2.59 bits per heavy atom. The monoisotopic (exact) mass is 386 g/mol. The number of carboxylic acids is 1. The third kappa shape index (κ3) is 3.75. The summed E-state index contributed by atoms with van der Waals surface area (Å²) in [4.78, 5) is 24.0. The van der Waals surface area contributed by atoms with Crippen LogP contribution in [0.5, 0.6) is 5.75 Å². The van der Waals surface area contributed by atoms with Crippen LogP contribution in [0.2, 0.25) is 5.02 Å². The van der Waals surface area contributed by atoms with E-state index in [-0.39, 0.29) is 21.9 Å². The molecule has 0 spiro atoms. The molecule has 0 aliphatic heterocycles. The van der Waals surface area contributed by atoms with E-state index in [0.717, 1.165) is 23.9 Å². The van der Waals surface area contributed by atoms with Gasteiger partial charge in [-0.05, 0) is 42.8 Å². The van der Waals surface area contributed by atoms with Crippen LogP contribution in [-0.4, -0.2) is 28.7 Å². The molecule has 2 N–H and O–H groups in total.